The van der Waals surface area contributed by atoms with Gasteiger partial charge in [-0.25, -0.2) is 0 Å². The fourth-order valence-corrected chi connectivity index (χ4v) is 3.49. The van der Waals surface area contributed by atoms with Crippen molar-refractivity contribution >= 4 is 28.1 Å². The molecule has 3 rings (SSSR count). The lowest BCUT2D eigenvalue weighted by atomic mass is 10.0. The molecule has 4 nitrogen and oxygen atoms in total. The van der Waals surface area contributed by atoms with Crippen LogP contribution in [0.1, 0.15) is 35.8 Å². The van der Waals surface area contributed by atoms with Gasteiger partial charge in [0.2, 0.25) is 5.91 Å². The van der Waals surface area contributed by atoms with Crippen molar-refractivity contribution in [2.45, 2.75) is 32.6 Å². The molecule has 0 fully saturated rings. The van der Waals surface area contributed by atoms with Crippen LogP contribution in [-0.2, 0) is 17.6 Å². The van der Waals surface area contributed by atoms with Gasteiger partial charge in [-0.2, -0.15) is 0 Å². The summed E-state index contributed by atoms with van der Waals surface area (Å²) >= 11 is 1.57. The van der Waals surface area contributed by atoms with Crippen molar-refractivity contribution in [3.8, 4) is 0 Å². The summed E-state index contributed by atoms with van der Waals surface area (Å²) in [6.45, 7) is 4.76. The first-order valence-electron chi connectivity index (χ1n) is 8.48. The highest BCUT2D eigenvalue weighted by molar-refractivity contribution is 7.10. The Bertz CT molecular complexity index is 927. The summed E-state index contributed by atoms with van der Waals surface area (Å²) in [6, 6.07) is 11.9. The molecule has 25 heavy (non-hydrogen) atoms. The van der Waals surface area contributed by atoms with Crippen LogP contribution in [0.4, 0.5) is 0 Å². The van der Waals surface area contributed by atoms with Crippen LogP contribution < -0.4 is 10.9 Å². The van der Waals surface area contributed by atoms with Gasteiger partial charge >= 0.3 is 0 Å². The van der Waals surface area contributed by atoms with Gasteiger partial charge in [0.05, 0.1) is 6.42 Å². The van der Waals surface area contributed by atoms with Crippen LogP contribution in [0, 0.1) is 0 Å². The standard InChI is InChI=1S/C20H22N2O2S/c1-13(2)14-5-6-18-16(10-14)11-15(20(24)22-18)7-8-21-19(23)12-17-4-3-9-25-17/h3-6,9-11,13H,7-8,12H2,1-2H3,(H,21,23)(H,22,24). The number of nitrogens with one attached hydrogen (secondary N) is 2. The summed E-state index contributed by atoms with van der Waals surface area (Å²) in [7, 11) is 0. The van der Waals surface area contributed by atoms with Crippen LogP contribution in [-0.4, -0.2) is 17.4 Å². The highest BCUT2D eigenvalue weighted by Gasteiger charge is 2.07. The van der Waals surface area contributed by atoms with E-state index >= 15 is 0 Å². The Morgan fingerprint density at radius 3 is 2.80 bits per heavy atom. The fraction of sp³-hybridized carbons (Fsp3) is 0.300. The molecule has 0 saturated heterocycles. The largest absolute Gasteiger partial charge is 0.355 e. The molecule has 2 N–H and O–H groups in total. The number of amides is 1. The van der Waals surface area contributed by atoms with E-state index in [4.69, 9.17) is 0 Å². The normalized spacial score (nSPS) is 11.2. The van der Waals surface area contributed by atoms with Crippen molar-refractivity contribution in [1.29, 1.82) is 0 Å². The van der Waals surface area contributed by atoms with E-state index in [1.165, 1.54) is 5.56 Å². The smallest absolute Gasteiger partial charge is 0.251 e. The molecule has 2 aromatic heterocycles. The van der Waals surface area contributed by atoms with Crippen LogP contribution >= 0.6 is 11.3 Å². The van der Waals surface area contributed by atoms with Gasteiger partial charge < -0.3 is 10.3 Å². The maximum Gasteiger partial charge on any atom is 0.251 e. The number of hydrogen-bond acceptors (Lipinski definition) is 3. The zero-order chi connectivity index (χ0) is 17.8. The monoisotopic (exact) mass is 354 g/mol. The summed E-state index contributed by atoms with van der Waals surface area (Å²) < 4.78 is 0. The second kappa shape index (κ2) is 7.66. The molecule has 0 aliphatic heterocycles. The number of aromatic nitrogens is 1. The Balaban J connectivity index is 1.67. The van der Waals surface area contributed by atoms with Crippen LogP contribution in [0.25, 0.3) is 10.9 Å². The van der Waals surface area contributed by atoms with Crippen molar-refractivity contribution in [1.82, 2.24) is 10.3 Å². The lowest BCUT2D eigenvalue weighted by Crippen LogP contribution is -2.28. The lowest BCUT2D eigenvalue weighted by molar-refractivity contribution is -0.120. The van der Waals surface area contributed by atoms with Crippen LogP contribution in [0.5, 0.6) is 0 Å². The van der Waals surface area contributed by atoms with Crippen molar-refractivity contribution in [2.75, 3.05) is 6.54 Å². The van der Waals surface area contributed by atoms with E-state index in [9.17, 15) is 9.59 Å². The second-order valence-corrected chi connectivity index (χ2v) is 7.51. The number of pyridine rings is 1. The van der Waals surface area contributed by atoms with E-state index < -0.39 is 0 Å². The van der Waals surface area contributed by atoms with Gasteiger partial charge in [0.1, 0.15) is 0 Å². The lowest BCUT2D eigenvalue weighted by Gasteiger charge is -2.09. The molecular weight excluding hydrogens is 332 g/mol. The van der Waals surface area contributed by atoms with E-state index in [1.54, 1.807) is 11.3 Å². The molecule has 0 saturated carbocycles. The molecule has 5 heteroatoms. The maximum absolute atomic E-state index is 12.2. The SMILES string of the molecule is CC(C)c1ccc2[nH]c(=O)c(CCNC(=O)Cc3cccs3)cc2c1. The van der Waals surface area contributed by atoms with Gasteiger partial charge in [0.15, 0.2) is 0 Å². The minimum absolute atomic E-state index is 0.0123. The van der Waals surface area contributed by atoms with Crippen LogP contribution in [0.3, 0.4) is 0 Å². The van der Waals surface area contributed by atoms with Crippen molar-refractivity contribution < 1.29 is 4.79 Å². The Kier molecular flexibility index (Phi) is 5.34. The molecule has 130 valence electrons. The number of hydrogen-bond donors (Lipinski definition) is 2. The van der Waals surface area contributed by atoms with Gasteiger partial charge in [-0.15, -0.1) is 11.3 Å². The van der Waals surface area contributed by atoms with E-state index in [1.807, 2.05) is 35.7 Å². The minimum Gasteiger partial charge on any atom is -0.355 e. The van der Waals surface area contributed by atoms with Crippen molar-refractivity contribution in [3.63, 3.8) is 0 Å². The summed E-state index contributed by atoms with van der Waals surface area (Å²) in [5, 5.41) is 5.88. The van der Waals surface area contributed by atoms with Gasteiger partial charge in [0, 0.05) is 22.5 Å². The van der Waals surface area contributed by atoms with Gasteiger partial charge in [-0.1, -0.05) is 26.0 Å². The van der Waals surface area contributed by atoms with Gasteiger partial charge in [-0.3, -0.25) is 9.59 Å². The van der Waals surface area contributed by atoms with Crippen molar-refractivity contribution in [2.24, 2.45) is 0 Å². The Morgan fingerprint density at radius 1 is 1.24 bits per heavy atom. The fourth-order valence-electron chi connectivity index (χ4n) is 2.79. The quantitative estimate of drug-likeness (QED) is 0.710. The molecule has 1 amide bonds. The summed E-state index contributed by atoms with van der Waals surface area (Å²) in [6.07, 6.45) is 0.914. The van der Waals surface area contributed by atoms with E-state index in [-0.39, 0.29) is 11.5 Å². The molecule has 2 heterocycles. The number of benzene rings is 1. The van der Waals surface area contributed by atoms with Gasteiger partial charge in [-0.05, 0) is 52.9 Å². The summed E-state index contributed by atoms with van der Waals surface area (Å²) in [5.74, 6) is 0.429. The van der Waals surface area contributed by atoms with E-state index in [0.717, 1.165) is 15.8 Å². The predicted molar refractivity (Wildman–Crippen MR) is 103 cm³/mol. The zero-order valence-electron chi connectivity index (χ0n) is 14.5. The predicted octanol–water partition coefficient (Wildman–Crippen LogP) is 3.61. The Labute approximate surface area is 150 Å². The Morgan fingerprint density at radius 2 is 2.08 bits per heavy atom. The first kappa shape index (κ1) is 17.4. The first-order valence-corrected chi connectivity index (χ1v) is 9.36. The maximum atomic E-state index is 12.2. The average molecular weight is 354 g/mol. The molecular formula is C20H22N2O2S. The third-order valence-corrected chi connectivity index (χ3v) is 5.12. The molecule has 0 radical (unpaired) electrons. The third kappa shape index (κ3) is 4.37. The molecule has 0 unspecified atom stereocenters. The molecule has 3 aromatic rings. The number of rotatable bonds is 6. The summed E-state index contributed by atoms with van der Waals surface area (Å²) in [4.78, 5) is 28.1. The first-order chi connectivity index (χ1) is 12.0. The van der Waals surface area contributed by atoms with Crippen LogP contribution in [0.15, 0.2) is 46.6 Å². The highest BCUT2D eigenvalue weighted by Crippen LogP contribution is 2.20. The zero-order valence-corrected chi connectivity index (χ0v) is 15.3. The molecule has 0 atom stereocenters. The minimum atomic E-state index is -0.0858. The number of H-pyrrole nitrogens is 1. The topological polar surface area (TPSA) is 62.0 Å². The van der Waals surface area contributed by atoms with E-state index in [2.05, 4.69) is 30.2 Å². The molecule has 0 bridgehead atoms. The van der Waals surface area contributed by atoms with E-state index in [0.29, 0.717) is 30.9 Å². The molecule has 0 aliphatic rings. The third-order valence-electron chi connectivity index (χ3n) is 4.24. The Hall–Kier alpha value is -2.40. The van der Waals surface area contributed by atoms with Gasteiger partial charge in [0.25, 0.3) is 5.56 Å². The van der Waals surface area contributed by atoms with Crippen molar-refractivity contribution in [3.05, 3.63) is 68.1 Å². The average Bonchev–Trinajstić information content (AvgIpc) is 3.07. The number of aromatic amines is 1. The number of fused-ring (bicyclic) bond motifs is 1. The summed E-state index contributed by atoms with van der Waals surface area (Å²) in [5.41, 5.74) is 2.71. The van der Waals surface area contributed by atoms with Crippen LogP contribution in [0.2, 0.25) is 0 Å². The second-order valence-electron chi connectivity index (χ2n) is 6.48. The highest BCUT2D eigenvalue weighted by atomic mass is 32.1. The number of carbonyl (C=O) groups is 1. The molecule has 0 spiro atoms. The number of thiophene rings is 1. The molecule has 1 aromatic carbocycles. The molecule has 0 aliphatic carbocycles. The number of carbonyl (C=O) groups excluding carboxylic acids is 1.